The van der Waals surface area contributed by atoms with Crippen LogP contribution < -0.4 is 10.6 Å². The molecule has 0 fully saturated rings. The highest BCUT2D eigenvalue weighted by atomic mass is 16.2. The molecule has 6 nitrogen and oxygen atoms in total. The number of benzene rings is 2. The molecule has 0 saturated heterocycles. The number of nitrogens with zero attached hydrogens (tertiary/aromatic N) is 2. The van der Waals surface area contributed by atoms with Crippen LogP contribution in [0, 0.1) is 25.2 Å². The zero-order chi connectivity index (χ0) is 20.1. The second kappa shape index (κ2) is 8.14. The van der Waals surface area contributed by atoms with E-state index in [9.17, 15) is 9.59 Å². The van der Waals surface area contributed by atoms with Crippen LogP contribution in [0.3, 0.4) is 0 Å². The van der Waals surface area contributed by atoms with Gasteiger partial charge in [0, 0.05) is 23.8 Å². The van der Waals surface area contributed by atoms with Crippen LogP contribution in [0.15, 0.2) is 60.9 Å². The number of rotatable bonds is 4. The van der Waals surface area contributed by atoms with E-state index in [1.807, 2.05) is 38.1 Å². The molecule has 0 radical (unpaired) electrons. The number of nitriles is 1. The lowest BCUT2D eigenvalue weighted by atomic mass is 10.1. The van der Waals surface area contributed by atoms with Crippen LogP contribution in [0.25, 0.3) is 0 Å². The van der Waals surface area contributed by atoms with Gasteiger partial charge in [-0.3, -0.25) is 14.6 Å². The second-order valence-corrected chi connectivity index (χ2v) is 6.38. The van der Waals surface area contributed by atoms with Crippen LogP contribution >= 0.6 is 0 Å². The van der Waals surface area contributed by atoms with Gasteiger partial charge in [0.15, 0.2) is 0 Å². The quantitative estimate of drug-likeness (QED) is 0.723. The third kappa shape index (κ3) is 4.40. The van der Waals surface area contributed by atoms with Crippen LogP contribution in [-0.4, -0.2) is 16.8 Å². The molecule has 0 unspecified atom stereocenters. The molecule has 28 heavy (non-hydrogen) atoms. The molecule has 138 valence electrons. The molecular weight excluding hydrogens is 352 g/mol. The molecule has 0 spiro atoms. The summed E-state index contributed by atoms with van der Waals surface area (Å²) < 4.78 is 0. The molecule has 3 rings (SSSR count). The van der Waals surface area contributed by atoms with Crippen molar-refractivity contribution < 1.29 is 9.59 Å². The molecule has 1 aromatic heterocycles. The van der Waals surface area contributed by atoms with Gasteiger partial charge in [-0.1, -0.05) is 17.7 Å². The maximum atomic E-state index is 12.5. The van der Waals surface area contributed by atoms with Crippen LogP contribution in [0.1, 0.15) is 37.4 Å². The Labute approximate surface area is 162 Å². The topological polar surface area (TPSA) is 94.9 Å². The maximum absolute atomic E-state index is 12.5. The minimum atomic E-state index is -0.390. The summed E-state index contributed by atoms with van der Waals surface area (Å²) >= 11 is 0. The number of pyridine rings is 1. The van der Waals surface area contributed by atoms with E-state index < -0.39 is 5.91 Å². The average Bonchev–Trinajstić information content (AvgIpc) is 2.70. The van der Waals surface area contributed by atoms with Gasteiger partial charge in [0.05, 0.1) is 22.8 Å². The first-order valence-electron chi connectivity index (χ1n) is 8.61. The van der Waals surface area contributed by atoms with Crippen LogP contribution in [0.5, 0.6) is 0 Å². The van der Waals surface area contributed by atoms with E-state index in [1.54, 1.807) is 24.3 Å². The van der Waals surface area contributed by atoms with E-state index >= 15 is 0 Å². The molecular formula is C22H18N4O2. The highest BCUT2D eigenvalue weighted by Gasteiger charge is 2.13. The maximum Gasteiger partial charge on any atom is 0.257 e. The van der Waals surface area contributed by atoms with Gasteiger partial charge >= 0.3 is 0 Å². The molecule has 6 heteroatoms. The minimum Gasteiger partial charge on any atom is -0.322 e. The third-order valence-corrected chi connectivity index (χ3v) is 4.16. The van der Waals surface area contributed by atoms with Crippen molar-refractivity contribution in [3.63, 3.8) is 0 Å². The van der Waals surface area contributed by atoms with Crippen molar-refractivity contribution in [1.29, 1.82) is 5.26 Å². The number of anilines is 2. The van der Waals surface area contributed by atoms with Crippen molar-refractivity contribution in [3.8, 4) is 6.07 Å². The molecule has 0 atom stereocenters. The van der Waals surface area contributed by atoms with E-state index in [4.69, 9.17) is 5.26 Å². The van der Waals surface area contributed by atoms with Crippen molar-refractivity contribution in [3.05, 3.63) is 88.7 Å². The van der Waals surface area contributed by atoms with Gasteiger partial charge in [-0.25, -0.2) is 0 Å². The first-order valence-corrected chi connectivity index (χ1v) is 8.61. The number of hydrogen-bond donors (Lipinski definition) is 2. The summed E-state index contributed by atoms with van der Waals surface area (Å²) in [5.74, 6) is -0.731. The van der Waals surface area contributed by atoms with Gasteiger partial charge in [-0.2, -0.15) is 5.26 Å². The van der Waals surface area contributed by atoms with Crippen LogP contribution in [-0.2, 0) is 0 Å². The Morgan fingerprint density at radius 3 is 2.14 bits per heavy atom. The van der Waals surface area contributed by atoms with Gasteiger partial charge in [0.25, 0.3) is 11.8 Å². The summed E-state index contributed by atoms with van der Waals surface area (Å²) in [6.07, 6.45) is 2.81. The van der Waals surface area contributed by atoms with Gasteiger partial charge in [0.1, 0.15) is 0 Å². The number of carbonyl (C=O) groups is 2. The molecule has 1 heterocycles. The fourth-order valence-electron chi connectivity index (χ4n) is 2.67. The Balaban J connectivity index is 1.74. The summed E-state index contributed by atoms with van der Waals surface area (Å²) in [4.78, 5) is 29.0. The standard InChI is InChI=1S/C22H18N4O2/c1-14-3-8-20(15(2)9-14)26-22(28)18-10-17(12-24-13-18)21(27)25-19-6-4-16(11-23)5-7-19/h3-10,12-13H,1-2H3,(H,25,27)(H,26,28). The summed E-state index contributed by atoms with van der Waals surface area (Å²) in [7, 11) is 0. The fourth-order valence-corrected chi connectivity index (χ4v) is 2.67. The molecule has 0 saturated carbocycles. The molecule has 0 aliphatic carbocycles. The Morgan fingerprint density at radius 2 is 1.54 bits per heavy atom. The summed E-state index contributed by atoms with van der Waals surface area (Å²) in [5.41, 5.74) is 4.38. The Kier molecular flexibility index (Phi) is 5.47. The normalized spacial score (nSPS) is 10.0. The number of carbonyl (C=O) groups excluding carboxylic acids is 2. The van der Waals surface area contributed by atoms with Gasteiger partial charge in [0.2, 0.25) is 0 Å². The van der Waals surface area contributed by atoms with Gasteiger partial charge < -0.3 is 10.6 Å². The van der Waals surface area contributed by atoms with E-state index in [-0.39, 0.29) is 17.0 Å². The predicted octanol–water partition coefficient (Wildman–Crippen LogP) is 4.07. The SMILES string of the molecule is Cc1ccc(NC(=O)c2cncc(C(=O)Nc3ccc(C#N)cc3)c2)c(C)c1. The van der Waals surface area contributed by atoms with Gasteiger partial charge in [-0.05, 0) is 55.8 Å². The van der Waals surface area contributed by atoms with Crippen molar-refractivity contribution in [1.82, 2.24) is 4.98 Å². The number of aromatic nitrogens is 1. The summed E-state index contributed by atoms with van der Waals surface area (Å²) in [5, 5.41) is 14.4. The first-order chi connectivity index (χ1) is 13.5. The second-order valence-electron chi connectivity index (χ2n) is 6.38. The molecule has 2 aromatic carbocycles. The highest BCUT2D eigenvalue weighted by Crippen LogP contribution is 2.17. The van der Waals surface area contributed by atoms with E-state index in [0.717, 1.165) is 11.1 Å². The molecule has 2 amide bonds. The molecule has 0 bridgehead atoms. The lowest BCUT2D eigenvalue weighted by Crippen LogP contribution is -2.16. The number of hydrogen-bond acceptors (Lipinski definition) is 4. The number of aryl methyl sites for hydroxylation is 2. The van der Waals surface area contributed by atoms with E-state index in [0.29, 0.717) is 16.9 Å². The number of nitrogens with one attached hydrogen (secondary N) is 2. The van der Waals surface area contributed by atoms with E-state index in [1.165, 1.54) is 18.5 Å². The van der Waals surface area contributed by atoms with Crippen LogP contribution in [0.2, 0.25) is 0 Å². The zero-order valence-electron chi connectivity index (χ0n) is 15.5. The Morgan fingerprint density at radius 1 is 0.893 bits per heavy atom. The monoisotopic (exact) mass is 370 g/mol. The van der Waals surface area contributed by atoms with Gasteiger partial charge in [-0.15, -0.1) is 0 Å². The van der Waals surface area contributed by atoms with Crippen molar-refractivity contribution in [2.75, 3.05) is 10.6 Å². The third-order valence-electron chi connectivity index (χ3n) is 4.16. The van der Waals surface area contributed by atoms with Crippen molar-refractivity contribution >= 4 is 23.2 Å². The highest BCUT2D eigenvalue weighted by molar-refractivity contribution is 6.08. The van der Waals surface area contributed by atoms with E-state index in [2.05, 4.69) is 15.6 Å². The smallest absolute Gasteiger partial charge is 0.257 e. The Bertz CT molecular complexity index is 1080. The van der Waals surface area contributed by atoms with Crippen molar-refractivity contribution in [2.45, 2.75) is 13.8 Å². The first kappa shape index (κ1) is 18.8. The Hall–Kier alpha value is -3.98. The molecule has 0 aliphatic heterocycles. The molecule has 3 aromatic rings. The average molecular weight is 370 g/mol. The summed E-state index contributed by atoms with van der Waals surface area (Å²) in [6, 6.07) is 15.8. The lowest BCUT2D eigenvalue weighted by molar-refractivity contribution is 0.102. The summed E-state index contributed by atoms with van der Waals surface area (Å²) in [6.45, 7) is 3.90. The number of amides is 2. The largest absolute Gasteiger partial charge is 0.322 e. The zero-order valence-corrected chi connectivity index (χ0v) is 15.5. The van der Waals surface area contributed by atoms with Crippen LogP contribution in [0.4, 0.5) is 11.4 Å². The predicted molar refractivity (Wildman–Crippen MR) is 107 cm³/mol. The molecule has 0 aliphatic rings. The lowest BCUT2D eigenvalue weighted by Gasteiger charge is -2.10. The van der Waals surface area contributed by atoms with Crippen molar-refractivity contribution in [2.24, 2.45) is 0 Å². The minimum absolute atomic E-state index is 0.262. The molecule has 2 N–H and O–H groups in total. The fraction of sp³-hybridized carbons (Fsp3) is 0.0909.